The van der Waals surface area contributed by atoms with Crippen LogP contribution in [0.1, 0.15) is 39.1 Å². The van der Waals surface area contributed by atoms with Crippen molar-refractivity contribution in [2.24, 2.45) is 0 Å². The van der Waals surface area contributed by atoms with Crippen LogP contribution >= 0.6 is 11.3 Å². The summed E-state index contributed by atoms with van der Waals surface area (Å²) < 4.78 is 2.02. The predicted octanol–water partition coefficient (Wildman–Crippen LogP) is 4.36. The van der Waals surface area contributed by atoms with Crippen molar-refractivity contribution in [3.63, 3.8) is 0 Å². The SMILES string of the molecule is CCc1c(C)sc2nc(-c3ccc(C)cc3C)c(C=O)n12. The fraction of sp³-hybridized carbons (Fsp3) is 0.294. The number of aromatic nitrogens is 2. The molecule has 0 unspecified atom stereocenters. The van der Waals surface area contributed by atoms with Crippen molar-refractivity contribution >= 4 is 22.6 Å². The van der Waals surface area contributed by atoms with Gasteiger partial charge in [-0.3, -0.25) is 9.20 Å². The largest absolute Gasteiger partial charge is 0.296 e. The molecular weight excluding hydrogens is 280 g/mol. The molecule has 1 aromatic carbocycles. The second-order valence-electron chi connectivity index (χ2n) is 5.36. The Bertz CT molecular complexity index is 842. The van der Waals surface area contributed by atoms with Crippen LogP contribution in [0.15, 0.2) is 18.2 Å². The molecule has 0 saturated carbocycles. The van der Waals surface area contributed by atoms with Crippen molar-refractivity contribution in [1.82, 2.24) is 9.38 Å². The molecule has 2 aromatic heterocycles. The highest BCUT2D eigenvalue weighted by atomic mass is 32.1. The molecule has 0 atom stereocenters. The molecule has 108 valence electrons. The molecule has 0 fully saturated rings. The van der Waals surface area contributed by atoms with Gasteiger partial charge in [0.15, 0.2) is 11.2 Å². The summed E-state index contributed by atoms with van der Waals surface area (Å²) in [4.78, 5) is 18.5. The Labute approximate surface area is 128 Å². The van der Waals surface area contributed by atoms with Crippen LogP contribution in [0.4, 0.5) is 0 Å². The number of aldehydes is 1. The van der Waals surface area contributed by atoms with Crippen LogP contribution in [0.3, 0.4) is 0 Å². The minimum absolute atomic E-state index is 0.665. The van der Waals surface area contributed by atoms with E-state index in [1.165, 1.54) is 16.1 Å². The van der Waals surface area contributed by atoms with Gasteiger partial charge in [-0.1, -0.05) is 30.7 Å². The maximum atomic E-state index is 11.7. The van der Waals surface area contributed by atoms with Crippen LogP contribution in [0.5, 0.6) is 0 Å². The van der Waals surface area contributed by atoms with Gasteiger partial charge in [-0.05, 0) is 32.8 Å². The number of carbonyl (C=O) groups excluding carboxylic acids is 1. The summed E-state index contributed by atoms with van der Waals surface area (Å²) in [6, 6.07) is 6.25. The summed E-state index contributed by atoms with van der Waals surface area (Å²) in [5, 5.41) is 0. The van der Waals surface area contributed by atoms with E-state index in [0.717, 1.165) is 34.5 Å². The molecule has 0 aliphatic rings. The van der Waals surface area contributed by atoms with E-state index in [9.17, 15) is 4.79 Å². The van der Waals surface area contributed by atoms with Crippen LogP contribution in [-0.4, -0.2) is 15.7 Å². The van der Waals surface area contributed by atoms with Gasteiger partial charge in [0, 0.05) is 16.1 Å². The fourth-order valence-electron chi connectivity index (χ4n) is 2.89. The van der Waals surface area contributed by atoms with E-state index >= 15 is 0 Å². The molecular formula is C17H18N2OS. The van der Waals surface area contributed by atoms with Gasteiger partial charge in [-0.2, -0.15) is 0 Å². The number of rotatable bonds is 3. The summed E-state index contributed by atoms with van der Waals surface area (Å²) in [5.74, 6) is 0. The first-order valence-electron chi connectivity index (χ1n) is 7.10. The highest BCUT2D eigenvalue weighted by molar-refractivity contribution is 7.17. The number of imidazole rings is 1. The van der Waals surface area contributed by atoms with Crippen LogP contribution in [0.25, 0.3) is 16.2 Å². The minimum atomic E-state index is 0.665. The van der Waals surface area contributed by atoms with E-state index in [1.54, 1.807) is 11.3 Å². The summed E-state index contributed by atoms with van der Waals surface area (Å²) >= 11 is 1.65. The van der Waals surface area contributed by atoms with Gasteiger partial charge >= 0.3 is 0 Å². The Morgan fingerprint density at radius 1 is 1.29 bits per heavy atom. The van der Waals surface area contributed by atoms with E-state index in [-0.39, 0.29) is 0 Å². The summed E-state index contributed by atoms with van der Waals surface area (Å²) in [7, 11) is 0. The molecule has 0 spiro atoms. The quantitative estimate of drug-likeness (QED) is 0.673. The van der Waals surface area contributed by atoms with Gasteiger partial charge in [0.2, 0.25) is 0 Å². The van der Waals surface area contributed by atoms with E-state index in [4.69, 9.17) is 4.98 Å². The number of aryl methyl sites for hydroxylation is 4. The lowest BCUT2D eigenvalue weighted by Gasteiger charge is -2.06. The molecule has 0 aliphatic carbocycles. The monoisotopic (exact) mass is 298 g/mol. The van der Waals surface area contributed by atoms with Crippen molar-refractivity contribution < 1.29 is 4.79 Å². The van der Waals surface area contributed by atoms with Crippen molar-refractivity contribution in [3.8, 4) is 11.3 Å². The average molecular weight is 298 g/mol. The lowest BCUT2D eigenvalue weighted by Crippen LogP contribution is -1.98. The fourth-order valence-corrected chi connectivity index (χ4v) is 3.95. The third-order valence-corrected chi connectivity index (χ3v) is 4.88. The van der Waals surface area contributed by atoms with Crippen LogP contribution in [0, 0.1) is 20.8 Å². The maximum Gasteiger partial charge on any atom is 0.195 e. The lowest BCUT2D eigenvalue weighted by atomic mass is 10.0. The van der Waals surface area contributed by atoms with Crippen molar-refractivity contribution in [2.45, 2.75) is 34.1 Å². The molecule has 0 saturated heterocycles. The standard InChI is InChI=1S/C17H18N2OS/c1-5-14-12(4)21-17-18-16(15(9-20)19(14)17)13-7-6-10(2)8-11(13)3/h6-9H,5H2,1-4H3. The zero-order valence-corrected chi connectivity index (χ0v) is 13.5. The summed E-state index contributed by atoms with van der Waals surface area (Å²) in [5.41, 5.74) is 6.05. The second kappa shape index (κ2) is 5.11. The van der Waals surface area contributed by atoms with Gasteiger partial charge in [0.1, 0.15) is 11.4 Å². The molecule has 4 heteroatoms. The first-order chi connectivity index (χ1) is 10.1. The normalized spacial score (nSPS) is 11.2. The van der Waals surface area contributed by atoms with Crippen molar-refractivity contribution in [2.75, 3.05) is 0 Å². The van der Waals surface area contributed by atoms with Crippen molar-refractivity contribution in [1.29, 1.82) is 0 Å². The number of thiazole rings is 1. The lowest BCUT2D eigenvalue weighted by molar-refractivity contribution is 0.111. The number of hydrogen-bond donors (Lipinski definition) is 0. The van der Waals surface area contributed by atoms with Crippen LogP contribution in [-0.2, 0) is 6.42 Å². The average Bonchev–Trinajstić information content (AvgIpc) is 2.92. The topological polar surface area (TPSA) is 34.4 Å². The molecule has 0 N–H and O–H groups in total. The molecule has 3 rings (SSSR count). The number of fused-ring (bicyclic) bond motifs is 1. The zero-order valence-electron chi connectivity index (χ0n) is 12.7. The van der Waals surface area contributed by atoms with Crippen LogP contribution in [0.2, 0.25) is 0 Å². The van der Waals surface area contributed by atoms with Crippen molar-refractivity contribution in [3.05, 3.63) is 45.6 Å². The summed E-state index contributed by atoms with van der Waals surface area (Å²) in [6.45, 7) is 8.33. The molecule has 0 radical (unpaired) electrons. The Morgan fingerprint density at radius 3 is 2.67 bits per heavy atom. The highest BCUT2D eigenvalue weighted by Crippen LogP contribution is 2.32. The summed E-state index contributed by atoms with van der Waals surface area (Å²) in [6.07, 6.45) is 1.83. The third-order valence-electron chi connectivity index (χ3n) is 3.89. The van der Waals surface area contributed by atoms with E-state index in [1.807, 2.05) is 4.40 Å². The van der Waals surface area contributed by atoms with Gasteiger partial charge in [0.05, 0.1) is 0 Å². The molecule has 3 nitrogen and oxygen atoms in total. The molecule has 0 aliphatic heterocycles. The number of carbonyl (C=O) groups is 1. The Hall–Kier alpha value is -1.94. The predicted molar refractivity (Wildman–Crippen MR) is 87.5 cm³/mol. The molecule has 0 bridgehead atoms. The molecule has 0 amide bonds. The third kappa shape index (κ3) is 2.10. The van der Waals surface area contributed by atoms with Gasteiger partial charge in [0.25, 0.3) is 0 Å². The Balaban J connectivity index is 2.33. The molecule has 3 aromatic rings. The second-order valence-corrected chi connectivity index (χ2v) is 6.54. The van der Waals surface area contributed by atoms with Crippen LogP contribution < -0.4 is 0 Å². The number of benzene rings is 1. The van der Waals surface area contributed by atoms with Gasteiger partial charge < -0.3 is 0 Å². The van der Waals surface area contributed by atoms with Gasteiger partial charge in [-0.15, -0.1) is 11.3 Å². The number of hydrogen-bond acceptors (Lipinski definition) is 3. The van der Waals surface area contributed by atoms with E-state index in [2.05, 4.69) is 45.9 Å². The van der Waals surface area contributed by atoms with E-state index < -0.39 is 0 Å². The number of nitrogens with zero attached hydrogens (tertiary/aromatic N) is 2. The zero-order chi connectivity index (χ0) is 15.1. The molecule has 21 heavy (non-hydrogen) atoms. The Morgan fingerprint density at radius 2 is 2.05 bits per heavy atom. The van der Waals surface area contributed by atoms with E-state index in [0.29, 0.717) is 5.69 Å². The molecule has 2 heterocycles. The maximum absolute atomic E-state index is 11.7. The highest BCUT2D eigenvalue weighted by Gasteiger charge is 2.19. The van der Waals surface area contributed by atoms with Gasteiger partial charge in [-0.25, -0.2) is 4.98 Å². The minimum Gasteiger partial charge on any atom is -0.296 e. The first-order valence-corrected chi connectivity index (χ1v) is 7.92. The Kier molecular flexibility index (Phi) is 3.41. The smallest absolute Gasteiger partial charge is 0.195 e. The first kappa shape index (κ1) is 14.0.